The maximum atomic E-state index is 5.84. The molecule has 110 valence electrons. The molecule has 0 bridgehead atoms. The van der Waals surface area contributed by atoms with E-state index in [0.717, 1.165) is 5.75 Å². The second-order valence-corrected chi connectivity index (χ2v) is 5.70. The smallest absolute Gasteiger partial charge is 0.119 e. The Bertz CT molecular complexity index is 652. The summed E-state index contributed by atoms with van der Waals surface area (Å²) < 4.78 is 5.28. The SMILES string of the molecule is COc1ccc(C(NN)c2ccc3c(c2)CCC3)c(C)c1. The number of ether oxygens (including phenoxy) is 1. The number of methoxy groups -OCH3 is 1. The van der Waals surface area contributed by atoms with Crippen molar-refractivity contribution in [2.24, 2.45) is 5.84 Å². The van der Waals surface area contributed by atoms with Crippen LogP contribution in [0, 0.1) is 6.92 Å². The van der Waals surface area contributed by atoms with Crippen LogP contribution in [0.4, 0.5) is 0 Å². The number of aryl methyl sites for hydroxylation is 3. The van der Waals surface area contributed by atoms with Crippen LogP contribution in [0.1, 0.15) is 40.3 Å². The second kappa shape index (κ2) is 5.88. The van der Waals surface area contributed by atoms with Crippen LogP contribution in [0.15, 0.2) is 36.4 Å². The molecule has 0 aliphatic heterocycles. The molecular weight excluding hydrogens is 260 g/mol. The lowest BCUT2D eigenvalue weighted by atomic mass is 9.93. The van der Waals surface area contributed by atoms with E-state index in [0.29, 0.717) is 0 Å². The molecule has 0 fully saturated rings. The summed E-state index contributed by atoms with van der Waals surface area (Å²) in [7, 11) is 1.69. The number of rotatable bonds is 4. The molecular formula is C18H22N2O. The van der Waals surface area contributed by atoms with Gasteiger partial charge in [-0.15, -0.1) is 0 Å². The fourth-order valence-corrected chi connectivity index (χ4v) is 3.24. The number of hydrogen-bond acceptors (Lipinski definition) is 3. The Labute approximate surface area is 126 Å². The molecule has 0 saturated carbocycles. The van der Waals surface area contributed by atoms with Gasteiger partial charge in [-0.25, -0.2) is 5.43 Å². The Balaban J connectivity index is 1.98. The van der Waals surface area contributed by atoms with Crippen molar-refractivity contribution in [2.75, 3.05) is 7.11 Å². The number of nitrogens with one attached hydrogen (secondary N) is 1. The zero-order valence-electron chi connectivity index (χ0n) is 12.6. The quantitative estimate of drug-likeness (QED) is 0.669. The summed E-state index contributed by atoms with van der Waals surface area (Å²) in [6.07, 6.45) is 3.65. The van der Waals surface area contributed by atoms with E-state index >= 15 is 0 Å². The molecule has 3 nitrogen and oxygen atoms in total. The van der Waals surface area contributed by atoms with Crippen LogP contribution in [0.3, 0.4) is 0 Å². The molecule has 3 N–H and O–H groups in total. The van der Waals surface area contributed by atoms with Gasteiger partial charge >= 0.3 is 0 Å². The Morgan fingerprint density at radius 1 is 1.10 bits per heavy atom. The maximum Gasteiger partial charge on any atom is 0.119 e. The first-order chi connectivity index (χ1) is 10.2. The first-order valence-electron chi connectivity index (χ1n) is 7.45. The van der Waals surface area contributed by atoms with Gasteiger partial charge in [0.15, 0.2) is 0 Å². The Hall–Kier alpha value is -1.84. The van der Waals surface area contributed by atoms with Gasteiger partial charge in [0.2, 0.25) is 0 Å². The van der Waals surface area contributed by atoms with E-state index in [-0.39, 0.29) is 6.04 Å². The molecule has 0 radical (unpaired) electrons. The number of hydrazine groups is 1. The highest BCUT2D eigenvalue weighted by atomic mass is 16.5. The molecule has 0 heterocycles. The first-order valence-corrected chi connectivity index (χ1v) is 7.45. The van der Waals surface area contributed by atoms with Crippen molar-refractivity contribution >= 4 is 0 Å². The molecule has 0 aromatic heterocycles. The Morgan fingerprint density at radius 3 is 2.62 bits per heavy atom. The Morgan fingerprint density at radius 2 is 1.90 bits per heavy atom. The molecule has 1 aliphatic carbocycles. The van der Waals surface area contributed by atoms with E-state index in [1.165, 1.54) is 47.1 Å². The van der Waals surface area contributed by atoms with Gasteiger partial charge in [0.1, 0.15) is 5.75 Å². The highest BCUT2D eigenvalue weighted by molar-refractivity contribution is 5.44. The van der Waals surface area contributed by atoms with Gasteiger partial charge in [0, 0.05) is 0 Å². The third-order valence-electron chi connectivity index (χ3n) is 4.41. The first kappa shape index (κ1) is 14.1. The summed E-state index contributed by atoms with van der Waals surface area (Å²) >= 11 is 0. The molecule has 2 aromatic carbocycles. The highest BCUT2D eigenvalue weighted by Crippen LogP contribution is 2.30. The fourth-order valence-electron chi connectivity index (χ4n) is 3.24. The van der Waals surface area contributed by atoms with Crippen LogP contribution in [0.25, 0.3) is 0 Å². The van der Waals surface area contributed by atoms with Crippen LogP contribution in [0.5, 0.6) is 5.75 Å². The van der Waals surface area contributed by atoms with Gasteiger partial charge in [-0.2, -0.15) is 0 Å². The topological polar surface area (TPSA) is 47.3 Å². The minimum atomic E-state index is 0.0156. The van der Waals surface area contributed by atoms with Crippen molar-refractivity contribution in [1.82, 2.24) is 5.43 Å². The van der Waals surface area contributed by atoms with Crippen molar-refractivity contribution in [2.45, 2.75) is 32.2 Å². The van der Waals surface area contributed by atoms with Crippen LogP contribution in [-0.4, -0.2) is 7.11 Å². The highest BCUT2D eigenvalue weighted by Gasteiger charge is 2.18. The summed E-state index contributed by atoms with van der Waals surface area (Å²) in [6.45, 7) is 2.09. The molecule has 0 amide bonds. The largest absolute Gasteiger partial charge is 0.497 e. The predicted molar refractivity (Wildman–Crippen MR) is 85.4 cm³/mol. The summed E-state index contributed by atoms with van der Waals surface area (Å²) in [5.74, 6) is 6.72. The van der Waals surface area contributed by atoms with Crippen molar-refractivity contribution in [3.8, 4) is 5.75 Å². The van der Waals surface area contributed by atoms with E-state index in [2.05, 4.69) is 36.6 Å². The molecule has 2 aromatic rings. The zero-order chi connectivity index (χ0) is 14.8. The standard InChI is InChI=1S/C18H22N2O/c1-12-10-16(21-2)8-9-17(12)18(20-19)15-7-6-13-4-3-5-14(13)11-15/h6-11,18,20H,3-5,19H2,1-2H3. The van der Waals surface area contributed by atoms with Crippen molar-refractivity contribution < 1.29 is 4.74 Å². The van der Waals surface area contributed by atoms with Crippen LogP contribution in [-0.2, 0) is 12.8 Å². The van der Waals surface area contributed by atoms with Gasteiger partial charge in [-0.05, 0) is 66.1 Å². The van der Waals surface area contributed by atoms with Gasteiger partial charge in [-0.1, -0.05) is 24.3 Å². The molecule has 1 atom stereocenters. The van der Waals surface area contributed by atoms with Crippen LogP contribution >= 0.6 is 0 Å². The Kier molecular flexibility index (Phi) is 3.95. The lowest BCUT2D eigenvalue weighted by Crippen LogP contribution is -2.29. The number of benzene rings is 2. The van der Waals surface area contributed by atoms with Gasteiger partial charge in [-0.3, -0.25) is 5.84 Å². The third kappa shape index (κ3) is 2.67. The number of hydrogen-bond donors (Lipinski definition) is 2. The van der Waals surface area contributed by atoms with E-state index in [4.69, 9.17) is 10.6 Å². The minimum Gasteiger partial charge on any atom is -0.497 e. The van der Waals surface area contributed by atoms with Gasteiger partial charge < -0.3 is 4.74 Å². The van der Waals surface area contributed by atoms with Crippen molar-refractivity contribution in [3.63, 3.8) is 0 Å². The summed E-state index contributed by atoms with van der Waals surface area (Å²) in [6, 6.07) is 12.9. The maximum absolute atomic E-state index is 5.84. The lowest BCUT2D eigenvalue weighted by Gasteiger charge is -2.20. The molecule has 0 spiro atoms. The van der Waals surface area contributed by atoms with Crippen molar-refractivity contribution in [3.05, 3.63) is 64.2 Å². The second-order valence-electron chi connectivity index (χ2n) is 5.70. The van der Waals surface area contributed by atoms with Gasteiger partial charge in [0.05, 0.1) is 13.2 Å². The average molecular weight is 282 g/mol. The molecule has 0 saturated heterocycles. The van der Waals surface area contributed by atoms with E-state index in [1.54, 1.807) is 7.11 Å². The van der Waals surface area contributed by atoms with Crippen LogP contribution < -0.4 is 16.0 Å². The van der Waals surface area contributed by atoms with Gasteiger partial charge in [0.25, 0.3) is 0 Å². The zero-order valence-corrected chi connectivity index (χ0v) is 12.6. The summed E-state index contributed by atoms with van der Waals surface area (Å²) in [5.41, 5.74) is 9.52. The average Bonchev–Trinajstić information content (AvgIpc) is 2.97. The van der Waals surface area contributed by atoms with E-state index in [1.807, 2.05) is 12.1 Å². The molecule has 3 heteroatoms. The number of fused-ring (bicyclic) bond motifs is 1. The fraction of sp³-hybridized carbons (Fsp3) is 0.333. The molecule has 1 unspecified atom stereocenters. The monoisotopic (exact) mass is 282 g/mol. The molecule has 21 heavy (non-hydrogen) atoms. The van der Waals surface area contributed by atoms with E-state index in [9.17, 15) is 0 Å². The molecule has 3 rings (SSSR count). The molecule has 1 aliphatic rings. The summed E-state index contributed by atoms with van der Waals surface area (Å²) in [5, 5.41) is 0. The van der Waals surface area contributed by atoms with Crippen molar-refractivity contribution in [1.29, 1.82) is 0 Å². The van der Waals surface area contributed by atoms with Crippen LogP contribution in [0.2, 0.25) is 0 Å². The normalized spacial score (nSPS) is 14.8. The predicted octanol–water partition coefficient (Wildman–Crippen LogP) is 3.05. The number of nitrogens with two attached hydrogens (primary N) is 1. The summed E-state index contributed by atoms with van der Waals surface area (Å²) in [4.78, 5) is 0. The van der Waals surface area contributed by atoms with E-state index < -0.39 is 0 Å². The third-order valence-corrected chi connectivity index (χ3v) is 4.41. The minimum absolute atomic E-state index is 0.0156. The lowest BCUT2D eigenvalue weighted by molar-refractivity contribution is 0.414.